The lowest BCUT2D eigenvalue weighted by Crippen LogP contribution is -2.16. The second kappa shape index (κ2) is 11.2. The number of para-hydroxylation sites is 4. The van der Waals surface area contributed by atoms with Crippen LogP contribution < -0.4 is 20.1 Å². The summed E-state index contributed by atoms with van der Waals surface area (Å²) in [5.74, 6) is 0.473. The minimum atomic E-state index is -0.279. The van der Waals surface area contributed by atoms with Crippen LogP contribution >= 0.6 is 0 Å². The molecule has 8 heteroatoms. The molecule has 0 fully saturated rings. The molecule has 2 aromatic heterocycles. The molecule has 34 heavy (non-hydrogen) atoms. The topological polar surface area (TPSA) is 102 Å². The van der Waals surface area contributed by atoms with Gasteiger partial charge in [0, 0.05) is 24.8 Å². The van der Waals surface area contributed by atoms with Crippen LogP contribution in [0.25, 0.3) is 0 Å². The molecule has 2 heterocycles. The van der Waals surface area contributed by atoms with Crippen molar-refractivity contribution in [2.75, 3.05) is 23.8 Å². The molecule has 0 radical (unpaired) electrons. The van der Waals surface area contributed by atoms with Gasteiger partial charge >= 0.3 is 0 Å². The molecule has 0 aliphatic rings. The van der Waals surface area contributed by atoms with Gasteiger partial charge in [-0.15, -0.1) is 0 Å². The molecule has 2 N–H and O–H groups in total. The number of rotatable bonds is 9. The monoisotopic (exact) mass is 454 g/mol. The summed E-state index contributed by atoms with van der Waals surface area (Å²) in [6.45, 7) is 0.454. The van der Waals surface area contributed by atoms with Crippen molar-refractivity contribution in [3.63, 3.8) is 0 Å². The highest BCUT2D eigenvalue weighted by Crippen LogP contribution is 2.26. The van der Waals surface area contributed by atoms with E-state index in [1.165, 1.54) is 12.4 Å². The summed E-state index contributed by atoms with van der Waals surface area (Å²) in [7, 11) is 0. The standard InChI is InChI=1S/C26H22N4O4/c31-25(19-7-5-13-27-17-19)29-21-9-1-3-11-23(21)33-15-16-34-24-12-4-2-10-22(24)30-26(32)20-8-6-14-28-18-20/h1-14,17-18H,15-16H2,(H,29,31)(H,30,32). The fourth-order valence-corrected chi connectivity index (χ4v) is 3.08. The Kier molecular flexibility index (Phi) is 7.43. The van der Waals surface area contributed by atoms with Crippen molar-refractivity contribution < 1.29 is 19.1 Å². The van der Waals surface area contributed by atoms with Gasteiger partial charge in [0.15, 0.2) is 0 Å². The van der Waals surface area contributed by atoms with Crippen LogP contribution in [0.2, 0.25) is 0 Å². The number of carbonyl (C=O) groups is 2. The lowest BCUT2D eigenvalue weighted by atomic mass is 10.2. The summed E-state index contributed by atoms with van der Waals surface area (Å²) >= 11 is 0. The third-order valence-electron chi connectivity index (χ3n) is 4.72. The first-order valence-corrected chi connectivity index (χ1v) is 10.6. The van der Waals surface area contributed by atoms with Crippen molar-refractivity contribution in [2.45, 2.75) is 0 Å². The number of carbonyl (C=O) groups excluding carboxylic acids is 2. The van der Waals surface area contributed by atoms with Crippen molar-refractivity contribution in [1.82, 2.24) is 9.97 Å². The van der Waals surface area contributed by atoms with E-state index >= 15 is 0 Å². The Morgan fingerprint density at radius 2 is 1.06 bits per heavy atom. The molecule has 170 valence electrons. The van der Waals surface area contributed by atoms with E-state index < -0.39 is 0 Å². The molecular formula is C26H22N4O4. The van der Waals surface area contributed by atoms with Gasteiger partial charge in [0.2, 0.25) is 0 Å². The minimum absolute atomic E-state index is 0.227. The zero-order valence-corrected chi connectivity index (χ0v) is 18.2. The summed E-state index contributed by atoms with van der Waals surface area (Å²) in [5, 5.41) is 5.67. The van der Waals surface area contributed by atoms with Gasteiger partial charge in [-0.25, -0.2) is 0 Å². The first-order chi connectivity index (χ1) is 16.7. The van der Waals surface area contributed by atoms with E-state index in [1.54, 1.807) is 60.9 Å². The average molecular weight is 454 g/mol. The highest BCUT2D eigenvalue weighted by Gasteiger charge is 2.11. The van der Waals surface area contributed by atoms with Crippen molar-refractivity contribution in [1.29, 1.82) is 0 Å². The normalized spacial score (nSPS) is 10.2. The molecule has 4 aromatic rings. The van der Waals surface area contributed by atoms with Gasteiger partial charge < -0.3 is 20.1 Å². The number of nitrogens with one attached hydrogen (secondary N) is 2. The number of amides is 2. The molecule has 0 spiro atoms. The average Bonchev–Trinajstić information content (AvgIpc) is 2.89. The summed E-state index contributed by atoms with van der Waals surface area (Å²) in [4.78, 5) is 32.8. The van der Waals surface area contributed by atoms with E-state index in [2.05, 4.69) is 20.6 Å². The van der Waals surface area contributed by atoms with Crippen LogP contribution in [-0.2, 0) is 0 Å². The Bertz CT molecular complexity index is 1150. The highest BCUT2D eigenvalue weighted by molar-refractivity contribution is 6.05. The van der Waals surface area contributed by atoms with E-state index in [0.29, 0.717) is 34.0 Å². The first kappa shape index (κ1) is 22.5. The van der Waals surface area contributed by atoms with Gasteiger partial charge in [0.25, 0.3) is 11.8 Å². The number of aromatic nitrogens is 2. The summed E-state index contributed by atoms with van der Waals surface area (Å²) in [5.41, 5.74) is 1.98. The Balaban J connectivity index is 1.33. The third kappa shape index (κ3) is 5.95. The van der Waals surface area contributed by atoms with Crippen molar-refractivity contribution in [2.24, 2.45) is 0 Å². The Morgan fingerprint density at radius 3 is 1.47 bits per heavy atom. The lowest BCUT2D eigenvalue weighted by Gasteiger charge is -2.15. The maximum Gasteiger partial charge on any atom is 0.257 e. The molecule has 4 rings (SSSR count). The molecule has 0 bridgehead atoms. The number of pyridine rings is 2. The lowest BCUT2D eigenvalue weighted by molar-refractivity contribution is 0.101. The summed E-state index contributed by atoms with van der Waals surface area (Å²) in [6.07, 6.45) is 6.21. The zero-order chi connectivity index (χ0) is 23.6. The van der Waals surface area contributed by atoms with E-state index in [-0.39, 0.29) is 25.0 Å². The van der Waals surface area contributed by atoms with E-state index in [0.717, 1.165) is 0 Å². The number of hydrogen-bond acceptors (Lipinski definition) is 6. The smallest absolute Gasteiger partial charge is 0.257 e. The summed E-state index contributed by atoms with van der Waals surface area (Å²) < 4.78 is 11.7. The van der Waals surface area contributed by atoms with Gasteiger partial charge in [-0.3, -0.25) is 19.6 Å². The molecule has 0 saturated carbocycles. The fraction of sp³-hybridized carbons (Fsp3) is 0.0769. The number of nitrogens with zero attached hydrogens (tertiary/aromatic N) is 2. The second-order valence-electron chi connectivity index (χ2n) is 7.08. The van der Waals surface area contributed by atoms with Crippen LogP contribution in [0.5, 0.6) is 11.5 Å². The summed E-state index contributed by atoms with van der Waals surface area (Å²) in [6, 6.07) is 21.1. The maximum absolute atomic E-state index is 12.4. The van der Waals surface area contributed by atoms with E-state index in [9.17, 15) is 9.59 Å². The largest absolute Gasteiger partial charge is 0.488 e. The van der Waals surface area contributed by atoms with E-state index in [4.69, 9.17) is 9.47 Å². The Morgan fingerprint density at radius 1 is 0.618 bits per heavy atom. The number of anilines is 2. The van der Waals surface area contributed by atoms with Crippen LogP contribution in [0.15, 0.2) is 97.6 Å². The molecule has 2 aromatic carbocycles. The Hall–Kier alpha value is -4.72. The van der Waals surface area contributed by atoms with Gasteiger partial charge in [-0.1, -0.05) is 24.3 Å². The molecule has 2 amide bonds. The molecule has 0 unspecified atom stereocenters. The van der Waals surface area contributed by atoms with E-state index in [1.807, 2.05) is 24.3 Å². The quantitative estimate of drug-likeness (QED) is 0.363. The van der Waals surface area contributed by atoms with Crippen LogP contribution in [0.4, 0.5) is 11.4 Å². The SMILES string of the molecule is O=C(Nc1ccccc1OCCOc1ccccc1NC(=O)c1cccnc1)c1cccnc1. The molecule has 0 saturated heterocycles. The fourth-order valence-electron chi connectivity index (χ4n) is 3.08. The number of benzene rings is 2. The number of hydrogen-bond donors (Lipinski definition) is 2. The van der Waals surface area contributed by atoms with Crippen LogP contribution in [-0.4, -0.2) is 35.0 Å². The van der Waals surface area contributed by atoms with Gasteiger partial charge in [-0.2, -0.15) is 0 Å². The van der Waals surface area contributed by atoms with Gasteiger partial charge in [-0.05, 0) is 48.5 Å². The zero-order valence-electron chi connectivity index (χ0n) is 18.2. The van der Waals surface area contributed by atoms with Crippen molar-refractivity contribution in [3.8, 4) is 11.5 Å². The highest BCUT2D eigenvalue weighted by atomic mass is 16.5. The Labute approximate surface area is 196 Å². The molecule has 0 aliphatic heterocycles. The molecule has 8 nitrogen and oxygen atoms in total. The first-order valence-electron chi connectivity index (χ1n) is 10.6. The van der Waals surface area contributed by atoms with Crippen molar-refractivity contribution in [3.05, 3.63) is 109 Å². The minimum Gasteiger partial charge on any atom is -0.488 e. The third-order valence-corrected chi connectivity index (χ3v) is 4.72. The van der Waals surface area contributed by atoms with Crippen LogP contribution in [0, 0.1) is 0 Å². The molecule has 0 aliphatic carbocycles. The second-order valence-corrected chi connectivity index (χ2v) is 7.08. The van der Waals surface area contributed by atoms with Crippen molar-refractivity contribution >= 4 is 23.2 Å². The van der Waals surface area contributed by atoms with Crippen LogP contribution in [0.1, 0.15) is 20.7 Å². The predicted molar refractivity (Wildman–Crippen MR) is 128 cm³/mol. The molecular weight excluding hydrogens is 432 g/mol. The van der Waals surface area contributed by atoms with Gasteiger partial charge in [0.05, 0.1) is 22.5 Å². The number of ether oxygens (including phenoxy) is 2. The van der Waals surface area contributed by atoms with Crippen LogP contribution in [0.3, 0.4) is 0 Å². The predicted octanol–water partition coefficient (Wildman–Crippen LogP) is 4.44. The molecule has 0 atom stereocenters. The van der Waals surface area contributed by atoms with Gasteiger partial charge in [0.1, 0.15) is 24.7 Å². The maximum atomic E-state index is 12.4.